The number of hydrogen-bond donors (Lipinski definition) is 1. The third kappa shape index (κ3) is 2.06. The van der Waals surface area contributed by atoms with Gasteiger partial charge in [-0.1, -0.05) is 6.07 Å². The summed E-state index contributed by atoms with van der Waals surface area (Å²) < 4.78 is 4.88. The summed E-state index contributed by atoms with van der Waals surface area (Å²) in [5.74, 6) is -1.19. The number of hydrogen-bond acceptors (Lipinski definition) is 4. The first kappa shape index (κ1) is 11.4. The molecule has 0 aliphatic heterocycles. The summed E-state index contributed by atoms with van der Waals surface area (Å²) in [6.07, 6.45) is 0.540. The van der Waals surface area contributed by atoms with Crippen molar-refractivity contribution in [2.24, 2.45) is 5.92 Å². The number of nitro groups is 1. The van der Waals surface area contributed by atoms with E-state index in [1.165, 1.54) is 19.2 Å². The van der Waals surface area contributed by atoms with Gasteiger partial charge < -0.3 is 9.84 Å². The quantitative estimate of drug-likeness (QED) is 0.636. The molecule has 2 unspecified atom stereocenters. The summed E-state index contributed by atoms with van der Waals surface area (Å²) in [6.45, 7) is 0. The molecule has 0 bridgehead atoms. The van der Waals surface area contributed by atoms with E-state index in [0.29, 0.717) is 12.0 Å². The Morgan fingerprint density at radius 1 is 1.59 bits per heavy atom. The monoisotopic (exact) mass is 237 g/mol. The highest BCUT2D eigenvalue weighted by Crippen LogP contribution is 2.48. The molecule has 1 N–H and O–H groups in total. The molecule has 1 aromatic rings. The topological polar surface area (TPSA) is 89.7 Å². The maximum atomic E-state index is 10.8. The summed E-state index contributed by atoms with van der Waals surface area (Å²) in [6, 6.07) is 4.58. The second-order valence-corrected chi connectivity index (χ2v) is 3.98. The van der Waals surface area contributed by atoms with Crippen molar-refractivity contribution < 1.29 is 19.6 Å². The Hall–Kier alpha value is -2.11. The summed E-state index contributed by atoms with van der Waals surface area (Å²) in [4.78, 5) is 21.0. The van der Waals surface area contributed by atoms with Gasteiger partial charge >= 0.3 is 11.7 Å². The van der Waals surface area contributed by atoms with E-state index in [2.05, 4.69) is 0 Å². The first-order valence-corrected chi connectivity index (χ1v) is 5.09. The number of rotatable bonds is 4. The number of ether oxygens (including phenoxy) is 1. The molecule has 2 rings (SSSR count). The zero-order valence-electron chi connectivity index (χ0n) is 9.12. The van der Waals surface area contributed by atoms with Crippen molar-refractivity contribution in [3.05, 3.63) is 33.9 Å². The first-order chi connectivity index (χ1) is 8.04. The van der Waals surface area contributed by atoms with Gasteiger partial charge in [-0.15, -0.1) is 0 Å². The minimum Gasteiger partial charge on any atom is -0.490 e. The standard InChI is InChI=1S/C11H11NO5/c1-17-10-3-2-6(4-9(10)12(15)16)7-5-8(7)11(13)14/h2-4,7-8H,5H2,1H3,(H,13,14). The Labute approximate surface area is 97.0 Å². The van der Waals surface area contributed by atoms with E-state index in [9.17, 15) is 14.9 Å². The van der Waals surface area contributed by atoms with Gasteiger partial charge in [-0.25, -0.2) is 0 Å². The predicted molar refractivity (Wildman–Crippen MR) is 58.1 cm³/mol. The molecule has 17 heavy (non-hydrogen) atoms. The molecule has 0 amide bonds. The van der Waals surface area contributed by atoms with Gasteiger partial charge in [0.1, 0.15) is 0 Å². The molecule has 6 nitrogen and oxygen atoms in total. The van der Waals surface area contributed by atoms with Gasteiger partial charge in [0.25, 0.3) is 0 Å². The lowest BCUT2D eigenvalue weighted by Gasteiger charge is -2.04. The molecule has 90 valence electrons. The van der Waals surface area contributed by atoms with Gasteiger partial charge in [-0.2, -0.15) is 0 Å². The van der Waals surface area contributed by atoms with Crippen molar-refractivity contribution in [3.8, 4) is 5.75 Å². The average Bonchev–Trinajstić information content (AvgIpc) is 3.08. The van der Waals surface area contributed by atoms with E-state index in [1.54, 1.807) is 6.07 Å². The second-order valence-electron chi connectivity index (χ2n) is 3.98. The number of nitro benzene ring substituents is 1. The van der Waals surface area contributed by atoms with Crippen molar-refractivity contribution in [1.82, 2.24) is 0 Å². The SMILES string of the molecule is COc1ccc(C2CC2C(=O)O)cc1[N+](=O)[O-]. The Balaban J connectivity index is 2.29. The van der Waals surface area contributed by atoms with Gasteiger partial charge in [0.15, 0.2) is 5.75 Å². The molecule has 0 aromatic heterocycles. The Morgan fingerprint density at radius 2 is 2.29 bits per heavy atom. The summed E-state index contributed by atoms with van der Waals surface area (Å²) in [5, 5.41) is 19.6. The third-order valence-corrected chi connectivity index (χ3v) is 2.94. The molecule has 1 aromatic carbocycles. The molecule has 2 atom stereocenters. The smallest absolute Gasteiger partial charge is 0.311 e. The minimum atomic E-state index is -0.853. The maximum absolute atomic E-state index is 10.8. The molecule has 6 heteroatoms. The molecule has 1 aliphatic carbocycles. The number of aliphatic carboxylic acids is 1. The third-order valence-electron chi connectivity index (χ3n) is 2.94. The number of nitrogens with zero attached hydrogens (tertiary/aromatic N) is 1. The van der Waals surface area contributed by atoms with Crippen LogP contribution in [0.2, 0.25) is 0 Å². The van der Waals surface area contributed by atoms with Crippen LogP contribution in [0.1, 0.15) is 17.9 Å². The number of methoxy groups -OCH3 is 1. The van der Waals surface area contributed by atoms with Crippen LogP contribution in [0.15, 0.2) is 18.2 Å². The van der Waals surface area contributed by atoms with Crippen LogP contribution >= 0.6 is 0 Å². The van der Waals surface area contributed by atoms with Crippen LogP contribution < -0.4 is 4.74 Å². The molecule has 0 heterocycles. The normalized spacial score (nSPS) is 21.9. The molecule has 1 saturated carbocycles. The molecular formula is C11H11NO5. The molecule has 1 aliphatic rings. The van der Waals surface area contributed by atoms with Crippen LogP contribution in [-0.2, 0) is 4.79 Å². The number of benzene rings is 1. The van der Waals surface area contributed by atoms with Crippen molar-refractivity contribution in [3.63, 3.8) is 0 Å². The Kier molecular flexibility index (Phi) is 2.71. The fraction of sp³-hybridized carbons (Fsp3) is 0.364. The van der Waals surface area contributed by atoms with E-state index in [4.69, 9.17) is 9.84 Å². The van der Waals surface area contributed by atoms with Crippen molar-refractivity contribution in [2.45, 2.75) is 12.3 Å². The molecular weight excluding hydrogens is 226 g/mol. The second kappa shape index (κ2) is 4.04. The van der Waals surface area contributed by atoms with Gasteiger partial charge in [-0.05, 0) is 24.0 Å². The van der Waals surface area contributed by atoms with Crippen molar-refractivity contribution in [1.29, 1.82) is 0 Å². The van der Waals surface area contributed by atoms with Crippen LogP contribution in [0.3, 0.4) is 0 Å². The van der Waals surface area contributed by atoms with E-state index in [0.717, 1.165) is 0 Å². The number of carboxylic acid groups (broad SMARTS) is 1. The largest absolute Gasteiger partial charge is 0.490 e. The molecule has 0 spiro atoms. The van der Waals surface area contributed by atoms with Crippen LogP contribution in [0.4, 0.5) is 5.69 Å². The zero-order chi connectivity index (χ0) is 12.6. The van der Waals surface area contributed by atoms with E-state index < -0.39 is 16.8 Å². The number of carboxylic acids is 1. The van der Waals surface area contributed by atoms with Gasteiger partial charge in [0.05, 0.1) is 18.0 Å². The lowest BCUT2D eigenvalue weighted by molar-refractivity contribution is -0.385. The lowest BCUT2D eigenvalue weighted by Crippen LogP contribution is -2.00. The van der Waals surface area contributed by atoms with E-state index in [-0.39, 0.29) is 17.4 Å². The minimum absolute atomic E-state index is 0.114. The van der Waals surface area contributed by atoms with Gasteiger partial charge in [0.2, 0.25) is 0 Å². The zero-order valence-corrected chi connectivity index (χ0v) is 9.12. The summed E-state index contributed by atoms with van der Waals surface area (Å²) in [7, 11) is 1.36. The highest BCUT2D eigenvalue weighted by atomic mass is 16.6. The van der Waals surface area contributed by atoms with Crippen LogP contribution in [0, 0.1) is 16.0 Å². The fourth-order valence-electron chi connectivity index (χ4n) is 1.92. The van der Waals surface area contributed by atoms with Crippen LogP contribution in [0.5, 0.6) is 5.75 Å². The number of carbonyl (C=O) groups is 1. The first-order valence-electron chi connectivity index (χ1n) is 5.09. The van der Waals surface area contributed by atoms with Crippen molar-refractivity contribution in [2.75, 3.05) is 7.11 Å². The molecule has 0 saturated heterocycles. The van der Waals surface area contributed by atoms with Crippen molar-refractivity contribution >= 4 is 11.7 Å². The van der Waals surface area contributed by atoms with Gasteiger partial charge in [-0.3, -0.25) is 14.9 Å². The predicted octanol–water partition coefficient (Wildman–Crippen LogP) is 1.79. The Bertz CT molecular complexity index is 485. The van der Waals surface area contributed by atoms with Crippen LogP contribution in [-0.4, -0.2) is 23.1 Å². The van der Waals surface area contributed by atoms with Gasteiger partial charge in [0, 0.05) is 6.07 Å². The molecule has 1 fully saturated rings. The van der Waals surface area contributed by atoms with E-state index in [1.807, 2.05) is 0 Å². The maximum Gasteiger partial charge on any atom is 0.311 e. The average molecular weight is 237 g/mol. The molecule has 0 radical (unpaired) electrons. The van der Waals surface area contributed by atoms with E-state index >= 15 is 0 Å². The fourth-order valence-corrected chi connectivity index (χ4v) is 1.92. The lowest BCUT2D eigenvalue weighted by atomic mass is 10.1. The summed E-state index contributed by atoms with van der Waals surface area (Å²) >= 11 is 0. The summed E-state index contributed by atoms with van der Waals surface area (Å²) in [5.41, 5.74) is 0.561. The highest BCUT2D eigenvalue weighted by Gasteiger charge is 2.44. The Morgan fingerprint density at radius 3 is 2.76 bits per heavy atom. The van der Waals surface area contributed by atoms with Crippen LogP contribution in [0.25, 0.3) is 0 Å². The highest BCUT2D eigenvalue weighted by molar-refractivity contribution is 5.75.